The van der Waals surface area contributed by atoms with Crippen LogP contribution in [0.5, 0.6) is 0 Å². The molecule has 0 aliphatic heterocycles. The van der Waals surface area contributed by atoms with Crippen LogP contribution < -0.4 is 5.32 Å². The zero-order valence-corrected chi connectivity index (χ0v) is 9.51. The zero-order valence-electron chi connectivity index (χ0n) is 8.75. The van der Waals surface area contributed by atoms with E-state index in [1.54, 1.807) is 32.0 Å². The second-order valence-corrected chi connectivity index (χ2v) is 3.88. The molecule has 0 radical (unpaired) electrons. The van der Waals surface area contributed by atoms with Crippen LogP contribution in [0, 0.1) is 6.92 Å². The standard InChI is InChI=1S/C11H14ClNO2/c1-7(6-14)13-11(15)9-4-3-5-10(12)8(9)2/h3-5,7,14H,6H2,1-2H3,(H,13,15)/t7-/m0/s1. The maximum absolute atomic E-state index is 11.7. The molecule has 0 aromatic heterocycles. The van der Waals surface area contributed by atoms with Crippen LogP contribution in [0.15, 0.2) is 18.2 Å². The molecule has 0 aliphatic carbocycles. The first-order chi connectivity index (χ1) is 7.06. The average Bonchev–Trinajstić information content (AvgIpc) is 2.21. The van der Waals surface area contributed by atoms with Crippen LogP contribution in [-0.4, -0.2) is 23.7 Å². The fraction of sp³-hybridized carbons (Fsp3) is 0.364. The summed E-state index contributed by atoms with van der Waals surface area (Å²) in [6.45, 7) is 3.45. The van der Waals surface area contributed by atoms with E-state index in [0.29, 0.717) is 10.6 Å². The number of carbonyl (C=O) groups excluding carboxylic acids is 1. The monoisotopic (exact) mass is 227 g/mol. The van der Waals surface area contributed by atoms with E-state index in [0.717, 1.165) is 5.56 Å². The molecule has 0 spiro atoms. The van der Waals surface area contributed by atoms with Gasteiger partial charge in [0.05, 0.1) is 6.61 Å². The number of halogens is 1. The number of aliphatic hydroxyl groups excluding tert-OH is 1. The Balaban J connectivity index is 2.87. The molecule has 82 valence electrons. The molecular formula is C11H14ClNO2. The first kappa shape index (κ1) is 12.0. The predicted molar refractivity (Wildman–Crippen MR) is 60.2 cm³/mol. The van der Waals surface area contributed by atoms with Crippen LogP contribution in [0.25, 0.3) is 0 Å². The van der Waals surface area contributed by atoms with Gasteiger partial charge in [-0.1, -0.05) is 17.7 Å². The molecule has 1 aromatic rings. The first-order valence-corrected chi connectivity index (χ1v) is 5.11. The van der Waals surface area contributed by atoms with E-state index < -0.39 is 0 Å². The van der Waals surface area contributed by atoms with Crippen LogP contribution in [0.2, 0.25) is 5.02 Å². The Hall–Kier alpha value is -1.06. The minimum atomic E-state index is -0.254. The maximum atomic E-state index is 11.7. The van der Waals surface area contributed by atoms with Crippen LogP contribution in [0.4, 0.5) is 0 Å². The summed E-state index contributed by atoms with van der Waals surface area (Å²) in [5, 5.41) is 12.0. The summed E-state index contributed by atoms with van der Waals surface area (Å²) in [4.78, 5) is 11.7. The van der Waals surface area contributed by atoms with Gasteiger partial charge < -0.3 is 10.4 Å². The second-order valence-electron chi connectivity index (χ2n) is 3.47. The molecule has 1 atom stereocenters. The summed E-state index contributed by atoms with van der Waals surface area (Å²) in [5.74, 6) is -0.212. The van der Waals surface area contributed by atoms with Gasteiger partial charge in [-0.05, 0) is 31.5 Å². The van der Waals surface area contributed by atoms with Crippen molar-refractivity contribution in [2.75, 3.05) is 6.61 Å². The Morgan fingerprint density at radius 2 is 2.27 bits per heavy atom. The normalized spacial score (nSPS) is 12.3. The lowest BCUT2D eigenvalue weighted by atomic mass is 10.1. The van der Waals surface area contributed by atoms with Gasteiger partial charge in [-0.3, -0.25) is 4.79 Å². The van der Waals surface area contributed by atoms with Gasteiger partial charge in [0, 0.05) is 16.6 Å². The van der Waals surface area contributed by atoms with E-state index in [1.807, 2.05) is 0 Å². The number of hydrogen-bond donors (Lipinski definition) is 2. The Kier molecular flexibility index (Phi) is 4.12. The molecule has 4 heteroatoms. The van der Waals surface area contributed by atoms with E-state index in [2.05, 4.69) is 5.32 Å². The highest BCUT2D eigenvalue weighted by Gasteiger charge is 2.12. The molecule has 0 bridgehead atoms. The summed E-state index contributed by atoms with van der Waals surface area (Å²) in [5.41, 5.74) is 1.30. The van der Waals surface area contributed by atoms with Gasteiger partial charge in [0.1, 0.15) is 0 Å². The molecule has 2 N–H and O–H groups in total. The third-order valence-electron chi connectivity index (χ3n) is 2.16. The van der Waals surface area contributed by atoms with E-state index in [-0.39, 0.29) is 18.6 Å². The molecule has 0 unspecified atom stereocenters. The number of amides is 1. The lowest BCUT2D eigenvalue weighted by molar-refractivity contribution is 0.0921. The molecule has 0 saturated heterocycles. The number of nitrogens with one attached hydrogen (secondary N) is 1. The van der Waals surface area contributed by atoms with Gasteiger partial charge in [-0.2, -0.15) is 0 Å². The Bertz CT molecular complexity index is 366. The molecule has 15 heavy (non-hydrogen) atoms. The molecule has 3 nitrogen and oxygen atoms in total. The van der Waals surface area contributed by atoms with Crippen molar-refractivity contribution < 1.29 is 9.90 Å². The van der Waals surface area contributed by atoms with Crippen molar-refractivity contribution in [3.05, 3.63) is 34.3 Å². The largest absolute Gasteiger partial charge is 0.394 e. The number of aliphatic hydroxyl groups is 1. The third-order valence-corrected chi connectivity index (χ3v) is 2.57. The molecule has 0 fully saturated rings. The van der Waals surface area contributed by atoms with Crippen LogP contribution in [0.1, 0.15) is 22.8 Å². The minimum Gasteiger partial charge on any atom is -0.394 e. The number of carbonyl (C=O) groups is 1. The van der Waals surface area contributed by atoms with Crippen molar-refractivity contribution in [2.45, 2.75) is 19.9 Å². The second kappa shape index (κ2) is 5.14. The molecule has 0 saturated carbocycles. The summed E-state index contributed by atoms with van der Waals surface area (Å²) in [7, 11) is 0. The zero-order chi connectivity index (χ0) is 11.4. The Morgan fingerprint density at radius 3 is 2.87 bits per heavy atom. The lowest BCUT2D eigenvalue weighted by Crippen LogP contribution is -2.35. The van der Waals surface area contributed by atoms with Gasteiger partial charge >= 0.3 is 0 Å². The molecule has 0 aliphatic rings. The number of rotatable bonds is 3. The number of hydrogen-bond acceptors (Lipinski definition) is 2. The SMILES string of the molecule is Cc1c(Cl)cccc1C(=O)N[C@@H](C)CO. The smallest absolute Gasteiger partial charge is 0.251 e. The average molecular weight is 228 g/mol. The van der Waals surface area contributed by atoms with E-state index in [9.17, 15) is 4.79 Å². The number of benzene rings is 1. The van der Waals surface area contributed by atoms with Crippen molar-refractivity contribution in [1.82, 2.24) is 5.32 Å². The van der Waals surface area contributed by atoms with Crippen LogP contribution in [0.3, 0.4) is 0 Å². The lowest BCUT2D eigenvalue weighted by Gasteiger charge is -2.12. The molecule has 1 amide bonds. The van der Waals surface area contributed by atoms with E-state index >= 15 is 0 Å². The summed E-state index contributed by atoms with van der Waals surface area (Å²) >= 11 is 5.90. The van der Waals surface area contributed by atoms with Crippen molar-refractivity contribution in [2.24, 2.45) is 0 Å². The Labute approximate surface area is 94.1 Å². The Morgan fingerprint density at radius 1 is 1.60 bits per heavy atom. The molecular weight excluding hydrogens is 214 g/mol. The van der Waals surface area contributed by atoms with Crippen molar-refractivity contribution >= 4 is 17.5 Å². The maximum Gasteiger partial charge on any atom is 0.251 e. The minimum absolute atomic E-state index is 0.0780. The van der Waals surface area contributed by atoms with Gasteiger partial charge in [0.15, 0.2) is 0 Å². The van der Waals surface area contributed by atoms with Crippen LogP contribution in [-0.2, 0) is 0 Å². The molecule has 0 heterocycles. The van der Waals surface area contributed by atoms with Gasteiger partial charge in [-0.15, -0.1) is 0 Å². The van der Waals surface area contributed by atoms with Crippen molar-refractivity contribution in [3.8, 4) is 0 Å². The highest BCUT2D eigenvalue weighted by molar-refractivity contribution is 6.31. The summed E-state index contributed by atoms with van der Waals surface area (Å²) in [6, 6.07) is 4.92. The van der Waals surface area contributed by atoms with Gasteiger partial charge in [0.2, 0.25) is 0 Å². The highest BCUT2D eigenvalue weighted by atomic mass is 35.5. The quantitative estimate of drug-likeness (QED) is 0.827. The van der Waals surface area contributed by atoms with Crippen molar-refractivity contribution in [1.29, 1.82) is 0 Å². The summed E-state index contributed by atoms with van der Waals surface area (Å²) < 4.78 is 0. The van der Waals surface area contributed by atoms with Crippen LogP contribution >= 0.6 is 11.6 Å². The predicted octanol–water partition coefficient (Wildman–Crippen LogP) is 1.76. The van der Waals surface area contributed by atoms with Gasteiger partial charge in [-0.25, -0.2) is 0 Å². The third kappa shape index (κ3) is 2.94. The highest BCUT2D eigenvalue weighted by Crippen LogP contribution is 2.18. The van der Waals surface area contributed by atoms with Crippen molar-refractivity contribution in [3.63, 3.8) is 0 Å². The summed E-state index contributed by atoms with van der Waals surface area (Å²) in [6.07, 6.45) is 0. The topological polar surface area (TPSA) is 49.3 Å². The van der Waals surface area contributed by atoms with Gasteiger partial charge in [0.25, 0.3) is 5.91 Å². The first-order valence-electron chi connectivity index (χ1n) is 4.73. The fourth-order valence-corrected chi connectivity index (χ4v) is 1.38. The molecule has 1 rings (SSSR count). The fourth-order valence-electron chi connectivity index (χ4n) is 1.20. The van der Waals surface area contributed by atoms with E-state index in [4.69, 9.17) is 16.7 Å². The molecule has 1 aromatic carbocycles. The van der Waals surface area contributed by atoms with E-state index in [1.165, 1.54) is 0 Å².